The molecule has 2 rings (SSSR count). The van der Waals surface area contributed by atoms with E-state index in [0.29, 0.717) is 26.4 Å². The number of aliphatic hydroxyl groups is 1. The Kier molecular flexibility index (Phi) is 8.25. The molecule has 2 aromatic carbocycles. The molecular formula is C21H26O3. The van der Waals surface area contributed by atoms with E-state index in [-0.39, 0.29) is 5.92 Å². The highest BCUT2D eigenvalue weighted by molar-refractivity contribution is 5.14. The Balaban J connectivity index is 1.59. The SMILES string of the molecule is C[C@H](/C=C/COCc1ccccc1)[C@H](O)COCc1ccccc1. The average Bonchev–Trinajstić information content (AvgIpc) is 2.63. The lowest BCUT2D eigenvalue weighted by atomic mass is 10.1. The van der Waals surface area contributed by atoms with Crippen molar-refractivity contribution in [3.63, 3.8) is 0 Å². The number of hydrogen-bond donors (Lipinski definition) is 1. The summed E-state index contributed by atoms with van der Waals surface area (Å²) in [5, 5.41) is 10.1. The monoisotopic (exact) mass is 326 g/mol. The van der Waals surface area contributed by atoms with Gasteiger partial charge in [-0.25, -0.2) is 0 Å². The second kappa shape index (κ2) is 10.8. The van der Waals surface area contributed by atoms with Gasteiger partial charge in [0.25, 0.3) is 0 Å². The van der Waals surface area contributed by atoms with Gasteiger partial charge in [-0.2, -0.15) is 0 Å². The van der Waals surface area contributed by atoms with E-state index in [1.807, 2.05) is 79.7 Å². The summed E-state index contributed by atoms with van der Waals surface area (Å²) in [6.07, 6.45) is 3.41. The summed E-state index contributed by atoms with van der Waals surface area (Å²) in [5.41, 5.74) is 2.27. The maximum absolute atomic E-state index is 10.1. The molecular weight excluding hydrogens is 300 g/mol. The van der Waals surface area contributed by atoms with Crippen molar-refractivity contribution >= 4 is 0 Å². The molecule has 0 unspecified atom stereocenters. The maximum Gasteiger partial charge on any atom is 0.0833 e. The topological polar surface area (TPSA) is 38.7 Å². The largest absolute Gasteiger partial charge is 0.390 e. The van der Waals surface area contributed by atoms with E-state index >= 15 is 0 Å². The van der Waals surface area contributed by atoms with E-state index in [4.69, 9.17) is 9.47 Å². The minimum absolute atomic E-state index is 0.0288. The lowest BCUT2D eigenvalue weighted by Gasteiger charge is -2.15. The van der Waals surface area contributed by atoms with Crippen LogP contribution in [0.15, 0.2) is 72.8 Å². The first kappa shape index (κ1) is 18.4. The molecule has 0 aromatic heterocycles. The van der Waals surface area contributed by atoms with Crippen molar-refractivity contribution in [2.45, 2.75) is 26.2 Å². The molecule has 0 saturated carbocycles. The first-order valence-electron chi connectivity index (χ1n) is 8.34. The van der Waals surface area contributed by atoms with Crippen LogP contribution in [0.1, 0.15) is 18.1 Å². The molecule has 3 nitrogen and oxygen atoms in total. The van der Waals surface area contributed by atoms with Gasteiger partial charge in [-0.3, -0.25) is 0 Å². The lowest BCUT2D eigenvalue weighted by Crippen LogP contribution is -2.22. The minimum atomic E-state index is -0.515. The summed E-state index contributed by atoms with van der Waals surface area (Å²) in [6, 6.07) is 20.0. The normalized spacial score (nSPS) is 13.9. The van der Waals surface area contributed by atoms with Gasteiger partial charge in [0.05, 0.1) is 32.5 Å². The third kappa shape index (κ3) is 7.09. The molecule has 0 aliphatic heterocycles. The summed E-state index contributed by atoms with van der Waals surface area (Å²) in [7, 11) is 0. The molecule has 128 valence electrons. The van der Waals surface area contributed by atoms with E-state index < -0.39 is 6.10 Å². The minimum Gasteiger partial charge on any atom is -0.390 e. The zero-order valence-electron chi connectivity index (χ0n) is 14.2. The number of hydrogen-bond acceptors (Lipinski definition) is 3. The summed E-state index contributed by atoms with van der Waals surface area (Å²) in [4.78, 5) is 0. The first-order chi connectivity index (χ1) is 11.8. The summed E-state index contributed by atoms with van der Waals surface area (Å²) in [5.74, 6) is 0.0288. The van der Waals surface area contributed by atoms with Gasteiger partial charge in [0.15, 0.2) is 0 Å². The van der Waals surface area contributed by atoms with Gasteiger partial charge in [0.2, 0.25) is 0 Å². The standard InChI is InChI=1S/C21H26O3/c1-18(9-8-14-23-15-19-10-4-2-5-11-19)21(22)17-24-16-20-12-6-3-7-13-20/h2-13,18,21-22H,14-17H2,1H3/b9-8+/t18-,21-/m1/s1. The Bertz CT molecular complexity index is 581. The Labute approximate surface area is 144 Å². The van der Waals surface area contributed by atoms with Crippen LogP contribution in [0.4, 0.5) is 0 Å². The lowest BCUT2D eigenvalue weighted by molar-refractivity contribution is 0.0116. The Morgan fingerprint density at radius 2 is 1.42 bits per heavy atom. The fraction of sp³-hybridized carbons (Fsp3) is 0.333. The van der Waals surface area contributed by atoms with Crippen LogP contribution in [0.25, 0.3) is 0 Å². The number of rotatable bonds is 10. The molecule has 2 aromatic rings. The number of benzene rings is 2. The summed E-state index contributed by atoms with van der Waals surface area (Å²) < 4.78 is 11.2. The average molecular weight is 326 g/mol. The van der Waals surface area contributed by atoms with E-state index in [9.17, 15) is 5.11 Å². The third-order valence-electron chi connectivity index (χ3n) is 3.77. The van der Waals surface area contributed by atoms with Crippen LogP contribution in [0.3, 0.4) is 0 Å². The Hall–Kier alpha value is -1.94. The molecule has 0 heterocycles. The molecule has 0 amide bonds. The van der Waals surface area contributed by atoms with Crippen molar-refractivity contribution in [3.8, 4) is 0 Å². The van der Waals surface area contributed by atoms with E-state index in [1.165, 1.54) is 0 Å². The Morgan fingerprint density at radius 3 is 2.00 bits per heavy atom. The zero-order valence-corrected chi connectivity index (χ0v) is 14.2. The quantitative estimate of drug-likeness (QED) is 0.530. The van der Waals surface area contributed by atoms with Crippen LogP contribution < -0.4 is 0 Å². The highest BCUT2D eigenvalue weighted by atomic mass is 16.5. The fourth-order valence-corrected chi connectivity index (χ4v) is 2.24. The molecule has 0 saturated heterocycles. The second-order valence-electron chi connectivity index (χ2n) is 5.86. The van der Waals surface area contributed by atoms with Gasteiger partial charge in [0, 0.05) is 5.92 Å². The molecule has 0 radical (unpaired) electrons. The molecule has 3 heteroatoms. The molecule has 1 N–H and O–H groups in total. The Morgan fingerprint density at radius 1 is 0.875 bits per heavy atom. The van der Waals surface area contributed by atoms with Crippen molar-refractivity contribution in [2.75, 3.05) is 13.2 Å². The van der Waals surface area contributed by atoms with E-state index in [0.717, 1.165) is 11.1 Å². The number of aliphatic hydroxyl groups excluding tert-OH is 1. The van der Waals surface area contributed by atoms with Crippen LogP contribution in [-0.4, -0.2) is 24.4 Å². The van der Waals surface area contributed by atoms with E-state index in [1.54, 1.807) is 0 Å². The van der Waals surface area contributed by atoms with Gasteiger partial charge in [-0.05, 0) is 11.1 Å². The highest BCUT2D eigenvalue weighted by Gasteiger charge is 2.11. The molecule has 0 spiro atoms. The van der Waals surface area contributed by atoms with E-state index in [2.05, 4.69) is 0 Å². The van der Waals surface area contributed by atoms with Crippen LogP contribution in [0, 0.1) is 5.92 Å². The van der Waals surface area contributed by atoms with Crippen LogP contribution in [0.2, 0.25) is 0 Å². The van der Waals surface area contributed by atoms with Gasteiger partial charge < -0.3 is 14.6 Å². The molecule has 0 aliphatic rings. The van der Waals surface area contributed by atoms with Crippen molar-refractivity contribution < 1.29 is 14.6 Å². The smallest absolute Gasteiger partial charge is 0.0833 e. The van der Waals surface area contributed by atoms with Crippen LogP contribution in [0.5, 0.6) is 0 Å². The van der Waals surface area contributed by atoms with Gasteiger partial charge in [0.1, 0.15) is 0 Å². The number of ether oxygens (including phenoxy) is 2. The summed E-state index contributed by atoms with van der Waals surface area (Å²) in [6.45, 7) is 3.96. The van der Waals surface area contributed by atoms with Gasteiger partial charge in [-0.15, -0.1) is 0 Å². The third-order valence-corrected chi connectivity index (χ3v) is 3.77. The molecule has 24 heavy (non-hydrogen) atoms. The zero-order chi connectivity index (χ0) is 17.0. The van der Waals surface area contributed by atoms with Crippen molar-refractivity contribution in [3.05, 3.63) is 83.9 Å². The highest BCUT2D eigenvalue weighted by Crippen LogP contribution is 2.08. The van der Waals surface area contributed by atoms with Crippen molar-refractivity contribution in [1.82, 2.24) is 0 Å². The predicted molar refractivity (Wildman–Crippen MR) is 96.5 cm³/mol. The van der Waals surface area contributed by atoms with Crippen molar-refractivity contribution in [1.29, 1.82) is 0 Å². The molecule has 0 aliphatic carbocycles. The molecule has 0 fully saturated rings. The predicted octanol–water partition coefficient (Wildman–Crippen LogP) is 3.97. The molecule has 0 bridgehead atoms. The maximum atomic E-state index is 10.1. The van der Waals surface area contributed by atoms with Crippen LogP contribution in [-0.2, 0) is 22.7 Å². The van der Waals surface area contributed by atoms with Gasteiger partial charge >= 0.3 is 0 Å². The molecule has 2 atom stereocenters. The fourth-order valence-electron chi connectivity index (χ4n) is 2.24. The van der Waals surface area contributed by atoms with Gasteiger partial charge in [-0.1, -0.05) is 79.7 Å². The first-order valence-corrected chi connectivity index (χ1v) is 8.34. The van der Waals surface area contributed by atoms with Crippen molar-refractivity contribution in [2.24, 2.45) is 5.92 Å². The summed E-state index contributed by atoms with van der Waals surface area (Å²) >= 11 is 0. The second-order valence-corrected chi connectivity index (χ2v) is 5.86. The van der Waals surface area contributed by atoms with Crippen LogP contribution >= 0.6 is 0 Å².